The summed E-state index contributed by atoms with van der Waals surface area (Å²) in [6.07, 6.45) is 3.22. The van der Waals surface area contributed by atoms with Gasteiger partial charge in [-0.3, -0.25) is 4.79 Å². The van der Waals surface area contributed by atoms with Gasteiger partial charge < -0.3 is 19.8 Å². The molecule has 0 aromatic carbocycles. The van der Waals surface area contributed by atoms with Gasteiger partial charge >= 0.3 is 5.97 Å². The number of esters is 1. The average molecular weight is 309 g/mol. The summed E-state index contributed by atoms with van der Waals surface area (Å²) in [4.78, 5) is 14.1. The largest absolute Gasteiger partial charge is 0.457 e. The number of hydrogen-bond acceptors (Lipinski definition) is 5. The van der Waals surface area contributed by atoms with Crippen molar-refractivity contribution in [2.45, 2.75) is 45.0 Å². The Morgan fingerprint density at radius 2 is 1.95 bits per heavy atom. The fraction of sp³-hybridized carbons (Fsp3) is 0.706. The summed E-state index contributed by atoms with van der Waals surface area (Å²) in [5, 5.41) is 20.8. The zero-order valence-corrected chi connectivity index (χ0v) is 13.8. The lowest BCUT2D eigenvalue weighted by molar-refractivity contribution is -0.143. The lowest BCUT2D eigenvalue weighted by Crippen LogP contribution is -2.37. The standard InChI is InChI=1S/C17H27NO4/c1-10-5-6-13(19)11(2)8-15-16(14(20)7-10)12(9-18(3)4)17(21)22-15/h7-8,12-16,19-20H,5-6,9H2,1-4H3/b10-7+,11-8+/t12?,13-,14+,15-,16?/m0/s1. The predicted molar refractivity (Wildman–Crippen MR) is 84.2 cm³/mol. The number of ether oxygens (including phenoxy) is 1. The van der Waals surface area contributed by atoms with Crippen LogP contribution < -0.4 is 0 Å². The SMILES string of the molecule is C/C1=C\[C@@H](O)C2C(CN(C)C)C(=O)O[C@H]2/C=C(\C)[C@@H](O)CC1. The van der Waals surface area contributed by atoms with E-state index in [-0.39, 0.29) is 17.8 Å². The van der Waals surface area contributed by atoms with Crippen molar-refractivity contribution >= 4 is 5.97 Å². The van der Waals surface area contributed by atoms with Crippen LogP contribution >= 0.6 is 0 Å². The molecule has 2 aliphatic rings. The van der Waals surface area contributed by atoms with Crippen LogP contribution in [-0.4, -0.2) is 60.0 Å². The summed E-state index contributed by atoms with van der Waals surface area (Å²) in [6, 6.07) is 0. The van der Waals surface area contributed by atoms with Crippen LogP contribution in [0.15, 0.2) is 23.3 Å². The highest BCUT2D eigenvalue weighted by atomic mass is 16.6. The molecule has 0 aromatic rings. The highest BCUT2D eigenvalue weighted by Gasteiger charge is 2.47. The minimum atomic E-state index is -0.722. The van der Waals surface area contributed by atoms with Crippen LogP contribution in [0.5, 0.6) is 0 Å². The maximum atomic E-state index is 12.2. The summed E-state index contributed by atoms with van der Waals surface area (Å²) in [7, 11) is 3.80. The highest BCUT2D eigenvalue weighted by molar-refractivity contribution is 5.76. The second-order valence-electron chi connectivity index (χ2n) is 6.82. The van der Waals surface area contributed by atoms with Crippen LogP contribution in [0.25, 0.3) is 0 Å². The molecule has 1 saturated heterocycles. The fourth-order valence-corrected chi connectivity index (χ4v) is 3.30. The molecule has 1 fully saturated rings. The maximum absolute atomic E-state index is 12.2. The van der Waals surface area contributed by atoms with Gasteiger partial charge in [0, 0.05) is 12.5 Å². The second kappa shape index (κ2) is 6.94. The van der Waals surface area contributed by atoms with Crippen molar-refractivity contribution in [1.29, 1.82) is 0 Å². The van der Waals surface area contributed by atoms with Gasteiger partial charge in [-0.1, -0.05) is 11.6 Å². The van der Waals surface area contributed by atoms with E-state index in [0.717, 1.165) is 17.6 Å². The Labute approximate surface area is 132 Å². The van der Waals surface area contributed by atoms with Gasteiger partial charge in [-0.25, -0.2) is 0 Å². The van der Waals surface area contributed by atoms with Crippen LogP contribution in [0.3, 0.4) is 0 Å². The van der Waals surface area contributed by atoms with Gasteiger partial charge in [0.15, 0.2) is 0 Å². The Hall–Kier alpha value is -1.17. The molecule has 5 atom stereocenters. The molecule has 1 heterocycles. The first-order chi connectivity index (χ1) is 10.3. The van der Waals surface area contributed by atoms with Crippen LogP contribution in [0, 0.1) is 11.8 Å². The molecule has 0 saturated carbocycles. The Balaban J connectivity index is 2.37. The third-order valence-electron chi connectivity index (χ3n) is 4.58. The lowest BCUT2D eigenvalue weighted by Gasteiger charge is -2.26. The molecule has 2 N–H and O–H groups in total. The third kappa shape index (κ3) is 3.77. The van der Waals surface area contributed by atoms with Crippen molar-refractivity contribution < 1.29 is 19.7 Å². The number of aliphatic hydroxyl groups is 2. The first kappa shape index (κ1) is 17.2. The van der Waals surface area contributed by atoms with Crippen LogP contribution in [0.4, 0.5) is 0 Å². The average Bonchev–Trinajstić information content (AvgIpc) is 2.70. The Morgan fingerprint density at radius 3 is 2.59 bits per heavy atom. The smallest absolute Gasteiger partial charge is 0.311 e. The second-order valence-corrected chi connectivity index (χ2v) is 6.82. The van der Waals surface area contributed by atoms with Gasteiger partial charge in [0.05, 0.1) is 18.1 Å². The molecule has 0 radical (unpaired) electrons. The van der Waals surface area contributed by atoms with E-state index in [1.165, 1.54) is 0 Å². The fourth-order valence-electron chi connectivity index (χ4n) is 3.30. The number of rotatable bonds is 2. The van der Waals surface area contributed by atoms with E-state index in [0.29, 0.717) is 13.0 Å². The van der Waals surface area contributed by atoms with Crippen LogP contribution in [0.2, 0.25) is 0 Å². The molecule has 0 bridgehead atoms. The topological polar surface area (TPSA) is 70.0 Å². The van der Waals surface area contributed by atoms with Crippen molar-refractivity contribution in [3.05, 3.63) is 23.3 Å². The molecule has 124 valence electrons. The number of allylic oxidation sites excluding steroid dienone is 1. The van der Waals surface area contributed by atoms with Crippen molar-refractivity contribution in [2.75, 3.05) is 20.6 Å². The number of nitrogens with zero attached hydrogens (tertiary/aromatic N) is 1. The highest BCUT2D eigenvalue weighted by Crippen LogP contribution is 2.35. The Kier molecular flexibility index (Phi) is 5.42. The third-order valence-corrected chi connectivity index (χ3v) is 4.58. The van der Waals surface area contributed by atoms with Gasteiger partial charge in [-0.15, -0.1) is 0 Å². The quantitative estimate of drug-likeness (QED) is 0.591. The molecule has 5 heteroatoms. The maximum Gasteiger partial charge on any atom is 0.311 e. The molecule has 2 unspecified atom stereocenters. The normalized spacial score (nSPS) is 41.2. The molecule has 2 rings (SSSR count). The van der Waals surface area contributed by atoms with Crippen molar-refractivity contribution in [1.82, 2.24) is 4.90 Å². The molecule has 0 spiro atoms. The number of carbonyl (C=O) groups is 1. The lowest BCUT2D eigenvalue weighted by atomic mass is 9.82. The van der Waals surface area contributed by atoms with E-state index in [2.05, 4.69) is 0 Å². The molecule has 0 aromatic heterocycles. The van der Waals surface area contributed by atoms with Crippen molar-refractivity contribution in [3.8, 4) is 0 Å². The van der Waals surface area contributed by atoms with E-state index >= 15 is 0 Å². The van der Waals surface area contributed by atoms with Crippen molar-refractivity contribution in [3.63, 3.8) is 0 Å². The molecule has 22 heavy (non-hydrogen) atoms. The van der Waals surface area contributed by atoms with Gasteiger partial charge in [-0.05, 0) is 52.4 Å². The molecule has 1 aliphatic carbocycles. The summed E-state index contributed by atoms with van der Waals surface area (Å²) >= 11 is 0. The zero-order valence-electron chi connectivity index (χ0n) is 13.8. The van der Waals surface area contributed by atoms with Gasteiger partial charge in [-0.2, -0.15) is 0 Å². The Morgan fingerprint density at radius 1 is 1.27 bits per heavy atom. The molecule has 5 nitrogen and oxygen atoms in total. The molecular formula is C17H27NO4. The number of carbonyl (C=O) groups excluding carboxylic acids is 1. The monoisotopic (exact) mass is 309 g/mol. The van der Waals surface area contributed by atoms with Crippen LogP contribution in [0.1, 0.15) is 26.7 Å². The minimum Gasteiger partial charge on any atom is -0.457 e. The first-order valence-corrected chi connectivity index (χ1v) is 7.86. The van der Waals surface area contributed by atoms with Gasteiger partial charge in [0.25, 0.3) is 0 Å². The van der Waals surface area contributed by atoms with Crippen molar-refractivity contribution in [2.24, 2.45) is 11.8 Å². The van der Waals surface area contributed by atoms with E-state index in [1.807, 2.05) is 38.9 Å². The van der Waals surface area contributed by atoms with E-state index in [4.69, 9.17) is 4.74 Å². The summed E-state index contributed by atoms with van der Waals surface area (Å²) in [5.74, 6) is -0.948. The van der Waals surface area contributed by atoms with Crippen LogP contribution in [-0.2, 0) is 9.53 Å². The van der Waals surface area contributed by atoms with E-state index in [1.54, 1.807) is 6.08 Å². The predicted octanol–water partition coefficient (Wildman–Crippen LogP) is 1.11. The van der Waals surface area contributed by atoms with E-state index in [9.17, 15) is 15.0 Å². The van der Waals surface area contributed by atoms with Gasteiger partial charge in [0.2, 0.25) is 0 Å². The molecular weight excluding hydrogens is 282 g/mol. The summed E-state index contributed by atoms with van der Waals surface area (Å²) in [6.45, 7) is 4.34. The summed E-state index contributed by atoms with van der Waals surface area (Å²) < 4.78 is 5.49. The Bertz CT molecular complexity index is 483. The number of hydrogen-bond donors (Lipinski definition) is 2. The minimum absolute atomic E-state index is 0.272. The molecule has 1 aliphatic heterocycles. The zero-order chi connectivity index (χ0) is 16.4. The first-order valence-electron chi connectivity index (χ1n) is 7.86. The van der Waals surface area contributed by atoms with E-state index < -0.39 is 18.3 Å². The summed E-state index contributed by atoms with van der Waals surface area (Å²) in [5.41, 5.74) is 1.83. The van der Waals surface area contributed by atoms with Gasteiger partial charge in [0.1, 0.15) is 6.10 Å². The number of aliphatic hydroxyl groups excluding tert-OH is 2. The number of fused-ring (bicyclic) bond motifs is 1. The molecule has 0 amide bonds.